The van der Waals surface area contributed by atoms with E-state index in [9.17, 15) is 18.0 Å². The lowest BCUT2D eigenvalue weighted by Gasteiger charge is -2.55. The third kappa shape index (κ3) is 3.08. The number of benzene rings is 1. The lowest BCUT2D eigenvalue weighted by atomic mass is 9.48. The Morgan fingerprint density at radius 1 is 1.04 bits per heavy atom. The summed E-state index contributed by atoms with van der Waals surface area (Å²) in [7, 11) is -3.54. The summed E-state index contributed by atoms with van der Waals surface area (Å²) in [5.41, 5.74) is -0.320. The van der Waals surface area contributed by atoms with Gasteiger partial charge in [-0.05, 0) is 68.4 Å². The van der Waals surface area contributed by atoms with Crippen molar-refractivity contribution in [3.8, 4) is 0 Å². The lowest BCUT2D eigenvalue weighted by Crippen LogP contribution is -2.51. The molecule has 4 aliphatic rings. The molecule has 4 aliphatic carbocycles. The van der Waals surface area contributed by atoms with E-state index in [0.717, 1.165) is 25.5 Å². The molecule has 140 valence electrons. The Morgan fingerprint density at radius 2 is 1.58 bits per heavy atom. The highest BCUT2D eigenvalue weighted by Gasteiger charge is 2.54. The van der Waals surface area contributed by atoms with Crippen LogP contribution in [0.25, 0.3) is 0 Å². The molecule has 0 spiro atoms. The first kappa shape index (κ1) is 17.7. The van der Waals surface area contributed by atoms with Crippen molar-refractivity contribution in [3.63, 3.8) is 0 Å². The van der Waals surface area contributed by atoms with E-state index in [-0.39, 0.29) is 28.3 Å². The summed E-state index contributed by atoms with van der Waals surface area (Å²) >= 11 is 0. The molecule has 0 aromatic heterocycles. The molecule has 26 heavy (non-hydrogen) atoms. The van der Waals surface area contributed by atoms with Gasteiger partial charge in [-0.1, -0.05) is 12.1 Å². The van der Waals surface area contributed by atoms with E-state index in [2.05, 4.69) is 0 Å². The second kappa shape index (κ2) is 6.19. The van der Waals surface area contributed by atoms with E-state index < -0.39 is 15.8 Å². The second-order valence-corrected chi connectivity index (χ2v) is 10.4. The molecule has 1 aromatic carbocycles. The van der Waals surface area contributed by atoms with Crippen molar-refractivity contribution < 1.29 is 22.7 Å². The van der Waals surface area contributed by atoms with Crippen molar-refractivity contribution in [3.05, 3.63) is 29.8 Å². The molecule has 4 fully saturated rings. The minimum absolute atomic E-state index is 0.00619. The summed E-state index contributed by atoms with van der Waals surface area (Å²) in [4.78, 5) is 25.3. The summed E-state index contributed by atoms with van der Waals surface area (Å²) in [6.45, 7) is -0.261. The molecule has 0 atom stereocenters. The van der Waals surface area contributed by atoms with Gasteiger partial charge in [0, 0.05) is 11.7 Å². The summed E-state index contributed by atoms with van der Waals surface area (Å²) in [6.07, 6.45) is 7.57. The van der Waals surface area contributed by atoms with Crippen LogP contribution in [0.2, 0.25) is 0 Å². The average Bonchev–Trinajstić information content (AvgIpc) is 2.57. The maximum atomic E-state index is 12.9. The Morgan fingerprint density at radius 3 is 2.12 bits per heavy atom. The zero-order valence-corrected chi connectivity index (χ0v) is 15.8. The molecular formula is C20H24O5S. The normalized spacial score (nSPS) is 32.4. The van der Waals surface area contributed by atoms with Gasteiger partial charge in [-0.3, -0.25) is 4.79 Å². The van der Waals surface area contributed by atoms with Gasteiger partial charge in [0.05, 0.1) is 10.5 Å². The van der Waals surface area contributed by atoms with Crippen LogP contribution < -0.4 is 0 Å². The second-order valence-electron chi connectivity index (χ2n) is 8.47. The minimum atomic E-state index is -3.54. The molecule has 0 unspecified atom stereocenters. The number of hydrogen-bond donors (Lipinski definition) is 0. The Hall–Kier alpha value is -1.69. The van der Waals surface area contributed by atoms with Crippen molar-refractivity contribution >= 4 is 21.6 Å². The fourth-order valence-corrected chi connectivity index (χ4v) is 6.65. The third-order valence-electron chi connectivity index (χ3n) is 6.47. The van der Waals surface area contributed by atoms with Gasteiger partial charge in [-0.2, -0.15) is 0 Å². The zero-order chi connectivity index (χ0) is 18.5. The molecule has 0 heterocycles. The fraction of sp³-hybridized carbons (Fsp3) is 0.600. The van der Waals surface area contributed by atoms with Crippen LogP contribution in [-0.2, 0) is 19.4 Å². The number of ketones is 1. The van der Waals surface area contributed by atoms with Gasteiger partial charge < -0.3 is 4.74 Å². The number of ether oxygens (including phenoxy) is 1. The Labute approximate surface area is 154 Å². The van der Waals surface area contributed by atoms with Crippen LogP contribution in [0.15, 0.2) is 29.2 Å². The fourth-order valence-electron chi connectivity index (χ4n) is 5.77. The summed E-state index contributed by atoms with van der Waals surface area (Å²) in [5.74, 6) is 1.21. The van der Waals surface area contributed by atoms with E-state index >= 15 is 0 Å². The largest absolute Gasteiger partial charge is 0.454 e. The topological polar surface area (TPSA) is 77.5 Å². The standard InChI is InChI=1S/C20H24O5S/c1-26(23,24)17-5-3-2-4-16(17)19(22)25-12-18(21)20-9-13-6-14(10-20)8-15(7-13)11-20/h2-5,13-15H,6-12H2,1H3. The highest BCUT2D eigenvalue weighted by Crippen LogP contribution is 2.60. The molecule has 0 amide bonds. The lowest BCUT2D eigenvalue weighted by molar-refractivity contribution is -0.147. The number of Topliss-reactive ketones (excluding diaryl/α,β-unsaturated/α-hetero) is 1. The number of rotatable bonds is 5. The molecule has 5 rings (SSSR count). The van der Waals surface area contributed by atoms with Crippen molar-refractivity contribution in [2.24, 2.45) is 23.2 Å². The van der Waals surface area contributed by atoms with Gasteiger partial charge in [0.15, 0.2) is 22.2 Å². The van der Waals surface area contributed by atoms with Crippen LogP contribution >= 0.6 is 0 Å². The van der Waals surface area contributed by atoms with Gasteiger partial charge >= 0.3 is 5.97 Å². The molecule has 0 radical (unpaired) electrons. The maximum Gasteiger partial charge on any atom is 0.339 e. The Kier molecular flexibility index (Phi) is 4.21. The molecule has 5 nitrogen and oxygen atoms in total. The summed E-state index contributed by atoms with van der Waals surface area (Å²) in [6, 6.07) is 5.96. The van der Waals surface area contributed by atoms with E-state index in [1.165, 1.54) is 31.4 Å². The predicted octanol–water partition coefficient (Wildman–Crippen LogP) is 3.03. The van der Waals surface area contributed by atoms with E-state index in [0.29, 0.717) is 17.8 Å². The first-order valence-electron chi connectivity index (χ1n) is 9.26. The molecule has 4 bridgehead atoms. The number of carbonyl (C=O) groups is 2. The van der Waals surface area contributed by atoms with E-state index in [1.54, 1.807) is 12.1 Å². The molecule has 1 aromatic rings. The quantitative estimate of drug-likeness (QED) is 0.738. The van der Waals surface area contributed by atoms with Gasteiger partial charge in [-0.15, -0.1) is 0 Å². The average molecular weight is 376 g/mol. The summed E-state index contributed by atoms with van der Waals surface area (Å²) in [5, 5.41) is 0. The first-order chi connectivity index (χ1) is 12.3. The smallest absolute Gasteiger partial charge is 0.339 e. The molecule has 4 saturated carbocycles. The molecule has 6 heteroatoms. The van der Waals surface area contributed by atoms with Crippen molar-refractivity contribution in [2.75, 3.05) is 12.9 Å². The van der Waals surface area contributed by atoms with Crippen LogP contribution in [0.1, 0.15) is 48.9 Å². The number of esters is 1. The van der Waals surface area contributed by atoms with Gasteiger partial charge in [0.1, 0.15) is 0 Å². The van der Waals surface area contributed by atoms with Crippen LogP contribution in [0, 0.1) is 23.2 Å². The first-order valence-corrected chi connectivity index (χ1v) is 11.2. The molecule has 0 N–H and O–H groups in total. The number of carbonyl (C=O) groups excluding carboxylic acids is 2. The predicted molar refractivity (Wildman–Crippen MR) is 95.4 cm³/mol. The van der Waals surface area contributed by atoms with Crippen molar-refractivity contribution in [1.29, 1.82) is 0 Å². The van der Waals surface area contributed by atoms with Gasteiger partial charge in [-0.25, -0.2) is 13.2 Å². The van der Waals surface area contributed by atoms with Crippen LogP contribution in [0.5, 0.6) is 0 Å². The van der Waals surface area contributed by atoms with E-state index in [4.69, 9.17) is 4.74 Å². The number of hydrogen-bond acceptors (Lipinski definition) is 5. The van der Waals surface area contributed by atoms with Crippen LogP contribution in [0.3, 0.4) is 0 Å². The molecule has 0 saturated heterocycles. The molecular weight excluding hydrogens is 352 g/mol. The third-order valence-corrected chi connectivity index (χ3v) is 7.63. The zero-order valence-electron chi connectivity index (χ0n) is 14.9. The monoisotopic (exact) mass is 376 g/mol. The van der Waals surface area contributed by atoms with E-state index in [1.807, 2.05) is 0 Å². The van der Waals surface area contributed by atoms with Crippen molar-refractivity contribution in [1.82, 2.24) is 0 Å². The van der Waals surface area contributed by atoms with Gasteiger partial charge in [0.25, 0.3) is 0 Å². The Bertz CT molecular complexity index is 819. The minimum Gasteiger partial charge on any atom is -0.454 e. The molecule has 0 aliphatic heterocycles. The number of sulfone groups is 1. The highest BCUT2D eigenvalue weighted by molar-refractivity contribution is 7.90. The highest BCUT2D eigenvalue weighted by atomic mass is 32.2. The summed E-state index contributed by atoms with van der Waals surface area (Å²) < 4.78 is 29.0. The maximum absolute atomic E-state index is 12.9. The SMILES string of the molecule is CS(=O)(=O)c1ccccc1C(=O)OCC(=O)C12CC3CC(CC(C3)C1)C2. The van der Waals surface area contributed by atoms with Crippen molar-refractivity contribution in [2.45, 2.75) is 43.4 Å². The van der Waals surface area contributed by atoms with Crippen LogP contribution in [-0.4, -0.2) is 33.0 Å². The van der Waals surface area contributed by atoms with Gasteiger partial charge in [0.2, 0.25) is 0 Å². The Balaban J connectivity index is 1.47. The van der Waals surface area contributed by atoms with Crippen LogP contribution in [0.4, 0.5) is 0 Å².